The van der Waals surface area contributed by atoms with Crippen LogP contribution in [0.1, 0.15) is 49.9 Å². The molecule has 1 saturated carbocycles. The molecule has 3 nitrogen and oxygen atoms in total. The van der Waals surface area contributed by atoms with Crippen LogP contribution in [0.4, 0.5) is 0 Å². The Morgan fingerprint density at radius 1 is 1.38 bits per heavy atom. The van der Waals surface area contributed by atoms with E-state index >= 15 is 0 Å². The molecule has 0 aromatic heterocycles. The minimum Gasteiger partial charge on any atom is -0.495 e. The van der Waals surface area contributed by atoms with E-state index in [0.717, 1.165) is 25.7 Å². The van der Waals surface area contributed by atoms with Gasteiger partial charge < -0.3 is 9.47 Å². The van der Waals surface area contributed by atoms with Crippen molar-refractivity contribution in [3.8, 4) is 5.75 Å². The largest absolute Gasteiger partial charge is 0.495 e. The van der Waals surface area contributed by atoms with Crippen molar-refractivity contribution in [2.45, 2.75) is 45.1 Å². The fourth-order valence-corrected chi connectivity index (χ4v) is 3.20. The fourth-order valence-electron chi connectivity index (χ4n) is 3.01. The van der Waals surface area contributed by atoms with Crippen molar-refractivity contribution in [1.29, 1.82) is 0 Å². The zero-order valence-electron chi connectivity index (χ0n) is 12.9. The van der Waals surface area contributed by atoms with Crippen molar-refractivity contribution >= 4 is 17.4 Å². The molecule has 21 heavy (non-hydrogen) atoms. The monoisotopic (exact) mass is 310 g/mol. The number of benzene rings is 1. The van der Waals surface area contributed by atoms with E-state index in [2.05, 4.69) is 6.92 Å². The number of methoxy groups -OCH3 is 1. The molecule has 1 aliphatic rings. The lowest BCUT2D eigenvalue weighted by Crippen LogP contribution is -2.44. The molecule has 0 atom stereocenters. The van der Waals surface area contributed by atoms with Crippen LogP contribution in [0.3, 0.4) is 0 Å². The average Bonchev–Trinajstić information content (AvgIpc) is 2.50. The summed E-state index contributed by atoms with van der Waals surface area (Å²) in [5, 5.41) is 0.511. The standard InChI is InChI=1S/C17H23ClO3/c1-4-21-17(9-7-12(2)8-10-17)16(19)13-5-6-14(18)15(11-13)20-3/h5-6,11-12H,4,7-10H2,1-3H3. The predicted molar refractivity (Wildman–Crippen MR) is 84.3 cm³/mol. The van der Waals surface area contributed by atoms with Gasteiger partial charge in [-0.2, -0.15) is 0 Å². The quantitative estimate of drug-likeness (QED) is 0.750. The van der Waals surface area contributed by atoms with Crippen molar-refractivity contribution in [1.82, 2.24) is 0 Å². The first-order chi connectivity index (χ1) is 10.0. The SMILES string of the molecule is CCOC1(C(=O)c2ccc(Cl)c(OC)c2)CCC(C)CC1. The Morgan fingerprint density at radius 2 is 2.05 bits per heavy atom. The number of ether oxygens (including phenoxy) is 2. The van der Waals surface area contributed by atoms with E-state index in [4.69, 9.17) is 21.1 Å². The summed E-state index contributed by atoms with van der Waals surface area (Å²) in [7, 11) is 1.55. The Kier molecular flexibility index (Phi) is 5.28. The summed E-state index contributed by atoms with van der Waals surface area (Å²) in [5.41, 5.74) is -0.0700. The minimum absolute atomic E-state index is 0.0474. The van der Waals surface area contributed by atoms with Gasteiger partial charge in [-0.05, 0) is 56.7 Å². The minimum atomic E-state index is -0.680. The maximum absolute atomic E-state index is 13.0. The summed E-state index contributed by atoms with van der Waals surface area (Å²) in [6.07, 6.45) is 3.62. The van der Waals surface area contributed by atoms with Gasteiger partial charge in [0.2, 0.25) is 0 Å². The second-order valence-electron chi connectivity index (χ2n) is 5.79. The van der Waals surface area contributed by atoms with Crippen LogP contribution in [-0.4, -0.2) is 25.1 Å². The Morgan fingerprint density at radius 3 is 2.62 bits per heavy atom. The molecule has 0 N–H and O–H groups in total. The Bertz CT molecular complexity index is 505. The number of rotatable bonds is 5. The van der Waals surface area contributed by atoms with Gasteiger partial charge in [0, 0.05) is 12.2 Å². The second-order valence-corrected chi connectivity index (χ2v) is 6.20. The smallest absolute Gasteiger partial charge is 0.194 e. The highest BCUT2D eigenvalue weighted by Crippen LogP contribution is 2.38. The Hall–Kier alpha value is -1.06. The summed E-state index contributed by atoms with van der Waals surface area (Å²) in [6.45, 7) is 4.71. The molecule has 1 aromatic rings. The second kappa shape index (κ2) is 6.80. The highest BCUT2D eigenvalue weighted by atomic mass is 35.5. The van der Waals surface area contributed by atoms with E-state index in [0.29, 0.717) is 28.9 Å². The normalized spacial score (nSPS) is 25.6. The first-order valence-electron chi connectivity index (χ1n) is 7.54. The molecule has 0 bridgehead atoms. The summed E-state index contributed by atoms with van der Waals surface area (Å²) < 4.78 is 11.1. The molecule has 1 aromatic carbocycles. The van der Waals surface area contributed by atoms with Crippen molar-refractivity contribution in [3.63, 3.8) is 0 Å². The molecule has 2 rings (SSSR count). The molecule has 0 heterocycles. The summed E-state index contributed by atoms with van der Waals surface area (Å²) in [5.74, 6) is 1.23. The molecule has 1 fully saturated rings. The van der Waals surface area contributed by atoms with Gasteiger partial charge in [0.1, 0.15) is 11.4 Å². The number of carbonyl (C=O) groups excluding carboxylic acids is 1. The van der Waals surface area contributed by atoms with Crippen LogP contribution in [0.2, 0.25) is 5.02 Å². The molecule has 4 heteroatoms. The van der Waals surface area contributed by atoms with Crippen LogP contribution in [-0.2, 0) is 4.74 Å². The summed E-state index contributed by atoms with van der Waals surface area (Å²) in [6, 6.07) is 5.17. The van der Waals surface area contributed by atoms with E-state index in [-0.39, 0.29) is 5.78 Å². The highest BCUT2D eigenvalue weighted by Gasteiger charge is 2.42. The molecule has 0 saturated heterocycles. The van der Waals surface area contributed by atoms with Gasteiger partial charge in [-0.25, -0.2) is 0 Å². The molecular weight excluding hydrogens is 288 g/mol. The van der Waals surface area contributed by atoms with Gasteiger partial charge in [0.05, 0.1) is 12.1 Å². The van der Waals surface area contributed by atoms with Crippen LogP contribution in [0.15, 0.2) is 18.2 Å². The molecule has 0 unspecified atom stereocenters. The van der Waals surface area contributed by atoms with Gasteiger partial charge in [0.15, 0.2) is 5.78 Å². The number of ketones is 1. The topological polar surface area (TPSA) is 35.5 Å². The molecule has 0 aliphatic heterocycles. The Balaban J connectivity index is 2.30. The lowest BCUT2D eigenvalue weighted by molar-refractivity contribution is -0.0474. The Labute approximate surface area is 131 Å². The lowest BCUT2D eigenvalue weighted by Gasteiger charge is -2.37. The lowest BCUT2D eigenvalue weighted by atomic mass is 9.75. The van der Waals surface area contributed by atoms with Crippen molar-refractivity contribution in [2.24, 2.45) is 5.92 Å². The molecule has 0 amide bonds. The van der Waals surface area contributed by atoms with Gasteiger partial charge in [-0.3, -0.25) is 4.79 Å². The van der Waals surface area contributed by atoms with Crippen LogP contribution in [0.5, 0.6) is 5.75 Å². The maximum Gasteiger partial charge on any atom is 0.194 e. The molecular formula is C17H23ClO3. The van der Waals surface area contributed by atoms with Crippen molar-refractivity contribution in [2.75, 3.05) is 13.7 Å². The van der Waals surface area contributed by atoms with E-state index in [1.807, 2.05) is 6.92 Å². The van der Waals surface area contributed by atoms with E-state index in [9.17, 15) is 4.79 Å². The number of halogens is 1. The number of Topliss-reactive ketones (excluding diaryl/α,β-unsaturated/α-hetero) is 1. The third-order valence-corrected chi connectivity index (χ3v) is 4.64. The van der Waals surface area contributed by atoms with E-state index in [1.165, 1.54) is 0 Å². The van der Waals surface area contributed by atoms with Gasteiger partial charge in [0.25, 0.3) is 0 Å². The zero-order chi connectivity index (χ0) is 15.5. The van der Waals surface area contributed by atoms with Crippen LogP contribution in [0.25, 0.3) is 0 Å². The van der Waals surface area contributed by atoms with Gasteiger partial charge in [-0.1, -0.05) is 18.5 Å². The maximum atomic E-state index is 13.0. The van der Waals surface area contributed by atoms with Gasteiger partial charge in [-0.15, -0.1) is 0 Å². The fraction of sp³-hybridized carbons (Fsp3) is 0.588. The van der Waals surface area contributed by atoms with Crippen LogP contribution >= 0.6 is 11.6 Å². The predicted octanol–water partition coefficient (Wildman–Crippen LogP) is 4.52. The third kappa shape index (κ3) is 3.41. The first kappa shape index (κ1) is 16.3. The van der Waals surface area contributed by atoms with Crippen molar-refractivity contribution < 1.29 is 14.3 Å². The third-order valence-electron chi connectivity index (χ3n) is 4.33. The first-order valence-corrected chi connectivity index (χ1v) is 7.92. The molecule has 1 aliphatic carbocycles. The van der Waals surface area contributed by atoms with Crippen LogP contribution in [0, 0.1) is 5.92 Å². The van der Waals surface area contributed by atoms with Crippen molar-refractivity contribution in [3.05, 3.63) is 28.8 Å². The summed E-state index contributed by atoms with van der Waals surface area (Å²) in [4.78, 5) is 13.0. The number of hydrogen-bond donors (Lipinski definition) is 0. The van der Waals surface area contributed by atoms with Crippen LogP contribution < -0.4 is 4.74 Å². The number of hydrogen-bond acceptors (Lipinski definition) is 3. The molecule has 0 radical (unpaired) electrons. The van der Waals surface area contributed by atoms with Gasteiger partial charge >= 0.3 is 0 Å². The highest BCUT2D eigenvalue weighted by molar-refractivity contribution is 6.32. The number of carbonyl (C=O) groups is 1. The zero-order valence-corrected chi connectivity index (χ0v) is 13.7. The average molecular weight is 311 g/mol. The summed E-state index contributed by atoms with van der Waals surface area (Å²) >= 11 is 6.03. The van der Waals surface area contributed by atoms with E-state index in [1.54, 1.807) is 25.3 Å². The van der Waals surface area contributed by atoms with E-state index < -0.39 is 5.60 Å². The molecule has 0 spiro atoms. The molecule has 116 valence electrons.